The maximum absolute atomic E-state index is 13.2. The molecule has 0 saturated heterocycles. The van der Waals surface area contributed by atoms with Crippen molar-refractivity contribution in [3.8, 4) is 0 Å². The number of carbonyl (C=O) groups excluding carboxylic acids is 1. The van der Waals surface area contributed by atoms with E-state index in [1.165, 1.54) is 24.3 Å². The molecule has 9 heteroatoms. The summed E-state index contributed by atoms with van der Waals surface area (Å²) in [6.45, 7) is 2.13. The van der Waals surface area contributed by atoms with Crippen molar-refractivity contribution in [2.24, 2.45) is 0 Å². The summed E-state index contributed by atoms with van der Waals surface area (Å²) < 4.78 is 28.8. The number of rotatable bonds is 10. The molecule has 1 amide bonds. The third kappa shape index (κ3) is 5.99. The van der Waals surface area contributed by atoms with Gasteiger partial charge in [0.05, 0.1) is 10.5 Å². The number of aryl methyl sites for hydroxylation is 1. The highest BCUT2D eigenvalue weighted by Gasteiger charge is 2.27. The number of para-hydroxylation sites is 1. The summed E-state index contributed by atoms with van der Waals surface area (Å²) in [7, 11) is -3.94. The average Bonchev–Trinajstić information content (AvgIpc) is 3.27. The molecule has 1 atom stereocenters. The third-order valence-corrected chi connectivity index (χ3v) is 7.45. The number of fused-ring (bicyclic) bond motifs is 1. The van der Waals surface area contributed by atoms with Gasteiger partial charge in [-0.25, -0.2) is 13.2 Å². The monoisotopic (exact) mass is 505 g/mol. The lowest BCUT2D eigenvalue weighted by Gasteiger charge is -2.19. The molecular weight excluding hydrogens is 478 g/mol. The van der Waals surface area contributed by atoms with Gasteiger partial charge in [0.1, 0.15) is 6.04 Å². The van der Waals surface area contributed by atoms with Gasteiger partial charge in [-0.05, 0) is 61.2 Å². The Balaban J connectivity index is 1.50. The van der Waals surface area contributed by atoms with Crippen molar-refractivity contribution in [3.63, 3.8) is 0 Å². The molecule has 0 radical (unpaired) electrons. The second-order valence-corrected chi connectivity index (χ2v) is 10.3. The maximum atomic E-state index is 13.2. The van der Waals surface area contributed by atoms with Gasteiger partial charge in [0, 0.05) is 23.6 Å². The third-order valence-electron chi connectivity index (χ3n) is 5.96. The van der Waals surface area contributed by atoms with Crippen LogP contribution in [0.15, 0.2) is 83.9 Å². The van der Waals surface area contributed by atoms with E-state index in [2.05, 4.69) is 15.0 Å². The fraction of sp³-hybridized carbons (Fsp3) is 0.185. The number of hydrogen-bond acceptors (Lipinski definition) is 4. The van der Waals surface area contributed by atoms with E-state index in [1.807, 2.05) is 31.2 Å². The van der Waals surface area contributed by atoms with E-state index in [-0.39, 0.29) is 23.4 Å². The first-order valence-electron chi connectivity index (χ1n) is 11.5. The number of hydrogen-bond donors (Lipinski definition) is 4. The molecule has 0 saturated carbocycles. The lowest BCUT2D eigenvalue weighted by molar-refractivity contribution is -0.122. The first-order valence-corrected chi connectivity index (χ1v) is 13.0. The highest BCUT2D eigenvalue weighted by molar-refractivity contribution is 7.89. The van der Waals surface area contributed by atoms with E-state index in [9.17, 15) is 18.0 Å². The summed E-state index contributed by atoms with van der Waals surface area (Å²) in [5, 5.41) is 12.8. The van der Waals surface area contributed by atoms with E-state index >= 15 is 0 Å². The van der Waals surface area contributed by atoms with Crippen molar-refractivity contribution in [3.05, 3.63) is 101 Å². The standard InChI is InChI=1S/C27H27N3O5S/c1-18-6-12-22(13-7-18)36(34,35)30-25(16-21-17-29-24-5-3-2-4-23(21)24)26(31)28-15-14-19-8-10-20(11-9-19)27(32)33/h2-13,17,25,29-30H,14-16H2,1H3,(H,28,31)(H,32,33)/t25-/m0/s1. The van der Waals surface area contributed by atoms with Gasteiger partial charge >= 0.3 is 5.97 Å². The highest BCUT2D eigenvalue weighted by Crippen LogP contribution is 2.20. The van der Waals surface area contributed by atoms with Crippen molar-refractivity contribution in [2.75, 3.05) is 6.54 Å². The van der Waals surface area contributed by atoms with Gasteiger partial charge in [-0.3, -0.25) is 4.79 Å². The van der Waals surface area contributed by atoms with E-state index in [4.69, 9.17) is 5.11 Å². The van der Waals surface area contributed by atoms with E-state index in [0.29, 0.717) is 6.42 Å². The van der Waals surface area contributed by atoms with Gasteiger partial charge in [0.2, 0.25) is 15.9 Å². The number of nitrogens with one attached hydrogen (secondary N) is 3. The Labute approximate surface area is 209 Å². The van der Waals surface area contributed by atoms with Crippen molar-refractivity contribution >= 4 is 32.8 Å². The SMILES string of the molecule is Cc1ccc(S(=O)(=O)N[C@@H](Cc2c[nH]c3ccccc23)C(=O)NCCc2ccc(C(=O)O)cc2)cc1. The van der Waals surface area contributed by atoms with Gasteiger partial charge in [-0.15, -0.1) is 0 Å². The quantitative estimate of drug-likeness (QED) is 0.263. The minimum atomic E-state index is -3.94. The molecule has 0 unspecified atom stereocenters. The molecule has 0 aliphatic carbocycles. The molecule has 186 valence electrons. The van der Waals surface area contributed by atoms with Crippen LogP contribution in [0.25, 0.3) is 10.9 Å². The summed E-state index contributed by atoms with van der Waals surface area (Å²) >= 11 is 0. The van der Waals surface area contributed by atoms with Crippen molar-refractivity contribution in [2.45, 2.75) is 30.7 Å². The van der Waals surface area contributed by atoms with E-state index < -0.39 is 27.9 Å². The van der Waals surface area contributed by atoms with Gasteiger partial charge in [-0.1, -0.05) is 48.0 Å². The molecule has 36 heavy (non-hydrogen) atoms. The molecule has 4 aromatic rings. The number of aromatic carboxylic acids is 1. The number of sulfonamides is 1. The molecule has 4 rings (SSSR count). The maximum Gasteiger partial charge on any atom is 0.335 e. The zero-order chi connectivity index (χ0) is 25.7. The van der Waals surface area contributed by atoms with E-state index in [1.54, 1.807) is 30.5 Å². The Morgan fingerprint density at radius 2 is 1.67 bits per heavy atom. The van der Waals surface area contributed by atoms with Crippen LogP contribution in [0.1, 0.15) is 27.0 Å². The normalized spacial score (nSPS) is 12.4. The molecule has 4 N–H and O–H groups in total. The number of benzene rings is 3. The number of carbonyl (C=O) groups is 2. The molecule has 0 fully saturated rings. The molecule has 0 aliphatic heterocycles. The van der Waals surface area contributed by atoms with Crippen LogP contribution in [0.3, 0.4) is 0 Å². The summed E-state index contributed by atoms with van der Waals surface area (Å²) in [4.78, 5) is 27.4. The van der Waals surface area contributed by atoms with E-state index in [0.717, 1.165) is 27.6 Å². The topological polar surface area (TPSA) is 128 Å². The number of aromatic nitrogens is 1. The van der Waals surface area contributed by atoms with Crippen LogP contribution in [0.2, 0.25) is 0 Å². The predicted octanol–water partition coefficient (Wildman–Crippen LogP) is 3.42. The number of carboxylic acid groups (broad SMARTS) is 1. The minimum absolute atomic E-state index is 0.0864. The van der Waals surface area contributed by atoms with Crippen LogP contribution < -0.4 is 10.0 Å². The van der Waals surface area contributed by atoms with Crippen LogP contribution in [-0.4, -0.2) is 43.0 Å². The summed E-state index contributed by atoms with van der Waals surface area (Å²) in [6, 6.07) is 19.4. The van der Waals surface area contributed by atoms with Crippen LogP contribution in [0.5, 0.6) is 0 Å². The molecule has 0 spiro atoms. The van der Waals surface area contributed by atoms with Gasteiger partial charge in [0.25, 0.3) is 0 Å². The van der Waals surface area contributed by atoms with Crippen molar-refractivity contribution in [1.29, 1.82) is 0 Å². The Kier molecular flexibility index (Phi) is 7.52. The Bertz CT molecular complexity index is 1480. The van der Waals surface area contributed by atoms with Crippen LogP contribution in [-0.2, 0) is 27.7 Å². The smallest absolute Gasteiger partial charge is 0.335 e. The Morgan fingerprint density at radius 3 is 2.36 bits per heavy atom. The summed E-state index contributed by atoms with van der Waals surface area (Å²) in [6.07, 6.45) is 2.42. The zero-order valence-electron chi connectivity index (χ0n) is 19.7. The molecule has 8 nitrogen and oxygen atoms in total. The molecule has 1 heterocycles. The number of aromatic amines is 1. The van der Waals surface area contributed by atoms with Crippen LogP contribution in [0, 0.1) is 6.92 Å². The van der Waals surface area contributed by atoms with Crippen LogP contribution in [0.4, 0.5) is 0 Å². The second kappa shape index (κ2) is 10.8. The van der Waals surface area contributed by atoms with Crippen LogP contribution >= 0.6 is 0 Å². The summed E-state index contributed by atoms with van der Waals surface area (Å²) in [5.41, 5.74) is 3.69. The molecule has 1 aromatic heterocycles. The number of carboxylic acids is 1. The second-order valence-electron chi connectivity index (χ2n) is 8.59. The first-order chi connectivity index (χ1) is 17.2. The first kappa shape index (κ1) is 25.2. The van der Waals surface area contributed by atoms with Gasteiger partial charge in [0.15, 0.2) is 0 Å². The fourth-order valence-corrected chi connectivity index (χ4v) is 5.14. The minimum Gasteiger partial charge on any atom is -0.478 e. The zero-order valence-corrected chi connectivity index (χ0v) is 20.5. The molecule has 3 aromatic carbocycles. The average molecular weight is 506 g/mol. The van der Waals surface area contributed by atoms with Crippen molar-refractivity contribution in [1.82, 2.24) is 15.0 Å². The summed E-state index contributed by atoms with van der Waals surface area (Å²) in [5.74, 6) is -1.45. The lowest BCUT2D eigenvalue weighted by Crippen LogP contribution is -2.48. The molecule has 0 bridgehead atoms. The van der Waals surface area contributed by atoms with Crippen molar-refractivity contribution < 1.29 is 23.1 Å². The van der Waals surface area contributed by atoms with Gasteiger partial charge < -0.3 is 15.4 Å². The number of amides is 1. The molecule has 0 aliphatic rings. The Hall–Kier alpha value is -3.95. The largest absolute Gasteiger partial charge is 0.478 e. The Morgan fingerprint density at radius 1 is 0.972 bits per heavy atom. The molecular formula is C27H27N3O5S. The highest BCUT2D eigenvalue weighted by atomic mass is 32.2. The fourth-order valence-electron chi connectivity index (χ4n) is 3.95. The lowest BCUT2D eigenvalue weighted by atomic mass is 10.0. The predicted molar refractivity (Wildman–Crippen MR) is 137 cm³/mol. The number of H-pyrrole nitrogens is 1. The van der Waals surface area contributed by atoms with Gasteiger partial charge in [-0.2, -0.15) is 4.72 Å².